The van der Waals surface area contributed by atoms with Gasteiger partial charge >= 0.3 is 0 Å². The first-order valence-electron chi connectivity index (χ1n) is 8.87. The van der Waals surface area contributed by atoms with Crippen LogP contribution < -0.4 is 15.2 Å². The Bertz CT molecular complexity index is 885. The van der Waals surface area contributed by atoms with Crippen LogP contribution >= 0.6 is 11.3 Å². The molecule has 0 aliphatic heterocycles. The lowest BCUT2D eigenvalue weighted by Gasteiger charge is -2.15. The van der Waals surface area contributed by atoms with E-state index in [1.165, 1.54) is 38.0 Å². The minimum atomic E-state index is 0.889. The summed E-state index contributed by atoms with van der Waals surface area (Å²) in [6.07, 6.45) is 2.30. The second kappa shape index (κ2) is 7.44. The van der Waals surface area contributed by atoms with Crippen LogP contribution in [0, 0.1) is 0 Å². The average molecular weight is 354 g/mol. The fourth-order valence-electron chi connectivity index (χ4n) is 2.92. The van der Waals surface area contributed by atoms with E-state index in [-0.39, 0.29) is 0 Å². The summed E-state index contributed by atoms with van der Waals surface area (Å²) in [6.45, 7) is 3.10. The van der Waals surface area contributed by atoms with Crippen LogP contribution in [0.3, 0.4) is 0 Å². The summed E-state index contributed by atoms with van der Waals surface area (Å²) < 4.78 is 2.59. The maximum absolute atomic E-state index is 4.98. The van der Waals surface area contributed by atoms with E-state index in [0.717, 1.165) is 18.3 Å². The Morgan fingerprint density at radius 2 is 1.36 bits per heavy atom. The molecule has 25 heavy (non-hydrogen) atoms. The van der Waals surface area contributed by atoms with E-state index in [4.69, 9.17) is 4.99 Å². The van der Waals surface area contributed by atoms with Gasteiger partial charge in [0.25, 0.3) is 0 Å². The molecule has 0 N–H and O–H groups in total. The van der Waals surface area contributed by atoms with E-state index in [0.29, 0.717) is 0 Å². The van der Waals surface area contributed by atoms with Gasteiger partial charge in [-0.05, 0) is 42.8 Å². The van der Waals surface area contributed by atoms with Crippen molar-refractivity contribution >= 4 is 42.9 Å². The largest absolute Gasteiger partial charge is 0.378 e. The highest BCUT2D eigenvalue weighted by Gasteiger charge is 2.08. The van der Waals surface area contributed by atoms with Gasteiger partial charge in [-0.2, -0.15) is 0 Å². The molecule has 0 bridgehead atoms. The lowest BCUT2D eigenvalue weighted by Crippen LogP contribution is -2.11. The molecule has 0 radical (unpaired) electrons. The summed E-state index contributed by atoms with van der Waals surface area (Å²) in [7, 11) is 8.35. The number of hydrogen-bond acceptors (Lipinski definition) is 4. The maximum atomic E-state index is 4.98. The Morgan fingerprint density at radius 3 is 1.80 bits per heavy atom. The van der Waals surface area contributed by atoms with Gasteiger partial charge in [-0.25, -0.2) is 0 Å². The van der Waals surface area contributed by atoms with Gasteiger partial charge < -0.3 is 9.80 Å². The summed E-state index contributed by atoms with van der Waals surface area (Å²) >= 11 is 1.85. The Kier molecular flexibility index (Phi) is 5.28. The van der Waals surface area contributed by atoms with Crippen LogP contribution in [0.5, 0.6) is 0 Å². The number of rotatable bonds is 5. The molecule has 0 saturated heterocycles. The normalized spacial score (nSPS) is 11.1. The Morgan fingerprint density at radius 1 is 0.840 bits per heavy atom. The topological polar surface area (TPSA) is 18.8 Å². The predicted molar refractivity (Wildman–Crippen MR) is 113 cm³/mol. The fourth-order valence-corrected chi connectivity index (χ4v) is 4.07. The Balaban J connectivity index is 2.33. The molecule has 4 heteroatoms. The van der Waals surface area contributed by atoms with Gasteiger partial charge in [0.15, 0.2) is 0 Å². The van der Waals surface area contributed by atoms with Crippen LogP contribution in [0.4, 0.5) is 11.4 Å². The first kappa shape index (κ1) is 17.7. The van der Waals surface area contributed by atoms with Gasteiger partial charge in [0.1, 0.15) is 0 Å². The predicted octanol–water partition coefficient (Wildman–Crippen LogP) is 4.89. The first-order valence-corrected chi connectivity index (χ1v) is 9.68. The first-order chi connectivity index (χ1) is 12.0. The molecule has 0 spiro atoms. The molecule has 1 heterocycles. The minimum absolute atomic E-state index is 0.889. The van der Waals surface area contributed by atoms with Crippen molar-refractivity contribution in [3.8, 4) is 0 Å². The van der Waals surface area contributed by atoms with Crippen LogP contribution in [0.1, 0.15) is 19.8 Å². The van der Waals surface area contributed by atoms with Crippen molar-refractivity contribution in [3.05, 3.63) is 41.8 Å². The van der Waals surface area contributed by atoms with Crippen molar-refractivity contribution in [1.82, 2.24) is 0 Å². The second-order valence-corrected chi connectivity index (χ2v) is 7.92. The standard InChI is InChI=1S/C21H27N3S/c1-6-7-12-22-21-17-10-8-15(23(2)3)13-19(17)25-20-14-16(24(4)5)9-11-18(20)21/h8-11,13-14H,6-7,12H2,1-5H3. The molecule has 0 aliphatic rings. The monoisotopic (exact) mass is 353 g/mol. The molecule has 0 saturated carbocycles. The number of nitrogens with zero attached hydrogens (tertiary/aromatic N) is 3. The molecule has 0 unspecified atom stereocenters. The highest BCUT2D eigenvalue weighted by atomic mass is 32.1. The molecule has 0 atom stereocenters. The SMILES string of the molecule is CCCCN=c1c2ccc(N(C)C)cc2sc2cc(N(C)C)ccc12. The molecule has 2 aromatic carbocycles. The van der Waals surface area contributed by atoms with Gasteiger partial charge in [0.05, 0.1) is 5.36 Å². The van der Waals surface area contributed by atoms with E-state index >= 15 is 0 Å². The number of hydrogen-bond donors (Lipinski definition) is 0. The van der Waals surface area contributed by atoms with Gasteiger partial charge in [-0.1, -0.05) is 13.3 Å². The highest BCUT2D eigenvalue weighted by molar-refractivity contribution is 7.24. The third-order valence-corrected chi connectivity index (χ3v) is 5.59. The van der Waals surface area contributed by atoms with Crippen molar-refractivity contribution in [2.24, 2.45) is 4.99 Å². The van der Waals surface area contributed by atoms with E-state index in [2.05, 4.69) is 81.3 Å². The zero-order chi connectivity index (χ0) is 18.0. The lowest BCUT2D eigenvalue weighted by atomic mass is 10.1. The van der Waals surface area contributed by atoms with Gasteiger partial charge in [-0.15, -0.1) is 11.3 Å². The Labute approximate surface area is 154 Å². The van der Waals surface area contributed by atoms with E-state index < -0.39 is 0 Å². The number of fused-ring (bicyclic) bond motifs is 2. The molecular formula is C21H27N3S. The minimum Gasteiger partial charge on any atom is -0.378 e. The fraction of sp³-hybridized carbons (Fsp3) is 0.381. The maximum Gasteiger partial charge on any atom is 0.0747 e. The van der Waals surface area contributed by atoms with Crippen molar-refractivity contribution in [2.75, 3.05) is 44.5 Å². The zero-order valence-electron chi connectivity index (χ0n) is 15.8. The van der Waals surface area contributed by atoms with E-state index in [1.54, 1.807) is 0 Å². The van der Waals surface area contributed by atoms with Gasteiger partial charge in [0.2, 0.25) is 0 Å². The molecule has 3 nitrogen and oxygen atoms in total. The summed E-state index contributed by atoms with van der Waals surface area (Å²) in [4.78, 5) is 9.29. The molecule has 0 amide bonds. The smallest absolute Gasteiger partial charge is 0.0747 e. The zero-order valence-corrected chi connectivity index (χ0v) is 16.7. The van der Waals surface area contributed by atoms with Crippen LogP contribution in [0.25, 0.3) is 20.2 Å². The van der Waals surface area contributed by atoms with Crippen molar-refractivity contribution < 1.29 is 0 Å². The summed E-state index contributed by atoms with van der Waals surface area (Å²) in [5.41, 5.74) is 2.46. The summed E-state index contributed by atoms with van der Waals surface area (Å²) in [5.74, 6) is 0. The molecular weight excluding hydrogens is 326 g/mol. The molecule has 0 fully saturated rings. The van der Waals surface area contributed by atoms with Crippen molar-refractivity contribution in [1.29, 1.82) is 0 Å². The Hall–Kier alpha value is -2.07. The molecule has 1 aromatic heterocycles. The molecule has 3 aromatic rings. The van der Waals surface area contributed by atoms with Crippen molar-refractivity contribution in [3.63, 3.8) is 0 Å². The van der Waals surface area contributed by atoms with E-state index in [9.17, 15) is 0 Å². The van der Waals surface area contributed by atoms with Crippen LogP contribution in [0.2, 0.25) is 0 Å². The van der Waals surface area contributed by atoms with Crippen LogP contribution in [-0.2, 0) is 0 Å². The molecule has 0 aliphatic carbocycles. The third-order valence-electron chi connectivity index (χ3n) is 4.47. The lowest BCUT2D eigenvalue weighted by molar-refractivity contribution is 0.797. The quantitative estimate of drug-likeness (QED) is 0.480. The molecule has 132 valence electrons. The van der Waals surface area contributed by atoms with Gasteiger partial charge in [0, 0.05) is 66.3 Å². The van der Waals surface area contributed by atoms with Gasteiger partial charge in [-0.3, -0.25) is 4.99 Å². The second-order valence-electron chi connectivity index (χ2n) is 6.84. The summed E-state index contributed by atoms with van der Waals surface area (Å²) in [5, 5.41) is 3.67. The van der Waals surface area contributed by atoms with Crippen LogP contribution in [0.15, 0.2) is 41.4 Å². The van der Waals surface area contributed by atoms with E-state index in [1.807, 2.05) is 11.3 Å². The van der Waals surface area contributed by atoms with Crippen molar-refractivity contribution in [2.45, 2.75) is 19.8 Å². The molecule has 3 rings (SSSR count). The van der Waals surface area contributed by atoms with Crippen LogP contribution in [-0.4, -0.2) is 34.7 Å². The summed E-state index contributed by atoms with van der Waals surface area (Å²) in [6, 6.07) is 13.4. The average Bonchev–Trinajstić information content (AvgIpc) is 2.60. The highest BCUT2D eigenvalue weighted by Crippen LogP contribution is 2.30. The number of unbranched alkanes of at least 4 members (excludes halogenated alkanes) is 1. The third kappa shape index (κ3) is 3.64. The number of anilines is 2. The number of benzene rings is 2.